The number of thioether (sulfide) groups is 1. The van der Waals surface area contributed by atoms with Gasteiger partial charge in [-0.1, -0.05) is 50.1 Å². The zero-order valence-electron chi connectivity index (χ0n) is 9.41. The van der Waals surface area contributed by atoms with Crippen molar-refractivity contribution in [3.05, 3.63) is 42.3 Å². The van der Waals surface area contributed by atoms with Gasteiger partial charge in [-0.25, -0.2) is 0 Å². The molecule has 1 unspecified atom stereocenters. The van der Waals surface area contributed by atoms with Crippen molar-refractivity contribution in [2.24, 2.45) is 0 Å². The Kier molecular flexibility index (Phi) is 3.74. The minimum atomic E-state index is 0.425. The van der Waals surface area contributed by atoms with Crippen LogP contribution in [0.25, 0.3) is 0 Å². The van der Waals surface area contributed by atoms with E-state index in [2.05, 4.69) is 55.4 Å². The molecule has 0 spiro atoms. The molecule has 1 aromatic rings. The monoisotopic (exact) mass is 219 g/mol. The van der Waals surface area contributed by atoms with Gasteiger partial charge in [0.15, 0.2) is 0 Å². The maximum atomic E-state index is 2.52. The lowest BCUT2D eigenvalue weighted by Gasteiger charge is -2.32. The maximum Gasteiger partial charge on any atom is 0.0190 e. The fraction of sp³-hybridized carbons (Fsp3) is 0.500. The third-order valence-corrected chi connectivity index (χ3v) is 4.62. The van der Waals surface area contributed by atoms with E-state index in [4.69, 9.17) is 0 Å². The Morgan fingerprint density at radius 1 is 1.20 bits per heavy atom. The molecule has 1 aromatic carbocycles. The second kappa shape index (κ2) is 5.07. The minimum Gasteiger partial charge on any atom is -0.150 e. The van der Waals surface area contributed by atoms with Gasteiger partial charge in [0.25, 0.3) is 0 Å². The van der Waals surface area contributed by atoms with Gasteiger partial charge in [-0.2, -0.15) is 11.8 Å². The van der Waals surface area contributed by atoms with Crippen molar-refractivity contribution in [3.63, 3.8) is 0 Å². The highest BCUT2D eigenvalue weighted by Crippen LogP contribution is 2.40. The van der Waals surface area contributed by atoms with Crippen LogP contribution < -0.4 is 0 Å². The molecule has 1 heteroatoms. The fourth-order valence-corrected chi connectivity index (χ4v) is 3.30. The van der Waals surface area contributed by atoms with Crippen molar-refractivity contribution in [2.75, 3.05) is 0 Å². The molecular formula is C14H19S. The highest BCUT2D eigenvalue weighted by molar-refractivity contribution is 8.00. The smallest absolute Gasteiger partial charge is 0.0190 e. The zero-order chi connectivity index (χ0) is 10.6. The highest BCUT2D eigenvalue weighted by Gasteiger charge is 2.27. The van der Waals surface area contributed by atoms with Crippen LogP contribution in [0.4, 0.5) is 0 Å². The van der Waals surface area contributed by atoms with Gasteiger partial charge in [0.1, 0.15) is 0 Å². The van der Waals surface area contributed by atoms with E-state index < -0.39 is 0 Å². The molecule has 0 N–H and O–H groups in total. The summed E-state index contributed by atoms with van der Waals surface area (Å²) in [5.41, 5.74) is 1.45. The normalized spacial score (nSPS) is 20.1. The van der Waals surface area contributed by atoms with Crippen molar-refractivity contribution in [1.29, 1.82) is 0 Å². The van der Waals surface area contributed by atoms with Gasteiger partial charge in [-0.15, -0.1) is 0 Å². The van der Waals surface area contributed by atoms with Crippen molar-refractivity contribution in [3.8, 4) is 0 Å². The third kappa shape index (κ3) is 3.27. The Morgan fingerprint density at radius 3 is 2.67 bits per heavy atom. The Morgan fingerprint density at radius 2 is 2.00 bits per heavy atom. The number of benzene rings is 1. The summed E-state index contributed by atoms with van der Waals surface area (Å²) in [7, 11) is 0. The standard InChI is InChI=1S/C14H19S/c1-14(10-6-3-7-11-14)15-12-13-8-4-2-5-9-13/h2,4-5,8-10H,3,6-7,11-12H2,1H3. The quantitative estimate of drug-likeness (QED) is 0.723. The third-order valence-electron chi connectivity index (χ3n) is 3.11. The molecule has 0 bridgehead atoms. The van der Waals surface area contributed by atoms with Crippen LogP contribution in [0.5, 0.6) is 0 Å². The second-order valence-corrected chi connectivity index (χ2v) is 6.05. The lowest BCUT2D eigenvalue weighted by atomic mass is 9.90. The van der Waals surface area contributed by atoms with Crippen LogP contribution in [0.2, 0.25) is 0 Å². The Balaban J connectivity index is 1.87. The molecule has 0 saturated heterocycles. The molecule has 0 aromatic heterocycles. The van der Waals surface area contributed by atoms with E-state index in [0.717, 1.165) is 5.75 Å². The van der Waals surface area contributed by atoms with Crippen molar-refractivity contribution >= 4 is 11.8 Å². The number of hydrogen-bond acceptors (Lipinski definition) is 1. The topological polar surface area (TPSA) is 0 Å². The minimum absolute atomic E-state index is 0.425. The van der Waals surface area contributed by atoms with E-state index in [9.17, 15) is 0 Å². The molecule has 15 heavy (non-hydrogen) atoms. The average molecular weight is 219 g/mol. The largest absolute Gasteiger partial charge is 0.150 e. The van der Waals surface area contributed by atoms with E-state index in [0.29, 0.717) is 4.75 Å². The summed E-state index contributed by atoms with van der Waals surface area (Å²) in [5.74, 6) is 1.15. The van der Waals surface area contributed by atoms with Crippen LogP contribution in [0.3, 0.4) is 0 Å². The molecular weight excluding hydrogens is 200 g/mol. The first-order valence-electron chi connectivity index (χ1n) is 5.81. The van der Waals surface area contributed by atoms with E-state index in [1.807, 2.05) is 0 Å². The van der Waals surface area contributed by atoms with Crippen LogP contribution in [-0.4, -0.2) is 4.75 Å². The molecule has 1 fully saturated rings. The summed E-state index contributed by atoms with van der Waals surface area (Å²) >= 11 is 2.10. The fourth-order valence-electron chi connectivity index (χ4n) is 2.08. The molecule has 1 atom stereocenters. The summed E-state index contributed by atoms with van der Waals surface area (Å²) in [6.45, 7) is 2.39. The zero-order valence-corrected chi connectivity index (χ0v) is 10.2. The first kappa shape index (κ1) is 11.1. The lowest BCUT2D eigenvalue weighted by Crippen LogP contribution is -2.24. The van der Waals surface area contributed by atoms with E-state index in [1.165, 1.54) is 31.2 Å². The highest BCUT2D eigenvalue weighted by atomic mass is 32.2. The van der Waals surface area contributed by atoms with Gasteiger partial charge in [-0.3, -0.25) is 0 Å². The van der Waals surface area contributed by atoms with E-state index in [-0.39, 0.29) is 0 Å². The molecule has 0 aliphatic heterocycles. The van der Waals surface area contributed by atoms with Crippen LogP contribution in [-0.2, 0) is 5.75 Å². The second-order valence-electron chi connectivity index (χ2n) is 4.54. The molecule has 0 amide bonds. The molecule has 1 radical (unpaired) electrons. The van der Waals surface area contributed by atoms with Crippen LogP contribution >= 0.6 is 11.8 Å². The predicted molar refractivity (Wildman–Crippen MR) is 68.9 cm³/mol. The summed E-state index contributed by atoms with van der Waals surface area (Å²) in [5, 5.41) is 0. The Labute approximate surface area is 97.5 Å². The van der Waals surface area contributed by atoms with Gasteiger partial charge in [-0.05, 0) is 24.8 Å². The Hall–Kier alpha value is -0.430. The molecule has 81 valence electrons. The molecule has 1 aliphatic rings. The van der Waals surface area contributed by atoms with Gasteiger partial charge >= 0.3 is 0 Å². The van der Waals surface area contributed by atoms with Gasteiger partial charge in [0.05, 0.1) is 0 Å². The first-order chi connectivity index (χ1) is 7.29. The maximum absolute atomic E-state index is 2.52. The summed E-state index contributed by atoms with van der Waals surface area (Å²) < 4.78 is 0.425. The molecule has 1 saturated carbocycles. The van der Waals surface area contributed by atoms with E-state index >= 15 is 0 Å². The molecule has 0 heterocycles. The average Bonchev–Trinajstić information content (AvgIpc) is 2.29. The molecule has 2 rings (SSSR count). The van der Waals surface area contributed by atoms with E-state index in [1.54, 1.807) is 0 Å². The van der Waals surface area contributed by atoms with Crippen LogP contribution in [0, 0.1) is 6.42 Å². The Bertz CT molecular complexity index is 285. The lowest BCUT2D eigenvalue weighted by molar-refractivity contribution is 0.511. The van der Waals surface area contributed by atoms with Gasteiger partial charge in [0, 0.05) is 10.5 Å². The van der Waals surface area contributed by atoms with Crippen molar-refractivity contribution in [1.82, 2.24) is 0 Å². The molecule has 0 nitrogen and oxygen atoms in total. The van der Waals surface area contributed by atoms with Crippen LogP contribution in [0.15, 0.2) is 30.3 Å². The number of rotatable bonds is 3. The summed E-state index contributed by atoms with van der Waals surface area (Å²) in [6.07, 6.45) is 7.96. The van der Waals surface area contributed by atoms with Crippen molar-refractivity contribution in [2.45, 2.75) is 43.1 Å². The van der Waals surface area contributed by atoms with Gasteiger partial charge < -0.3 is 0 Å². The summed E-state index contributed by atoms with van der Waals surface area (Å²) in [4.78, 5) is 0. The predicted octanol–water partition coefficient (Wildman–Crippen LogP) is 4.46. The SMILES string of the molecule is CC1(SCc2ccccc2)[CH]CCCC1. The van der Waals surface area contributed by atoms with Crippen LogP contribution in [0.1, 0.15) is 38.2 Å². The van der Waals surface area contributed by atoms with Gasteiger partial charge in [0.2, 0.25) is 0 Å². The number of hydrogen-bond donors (Lipinski definition) is 0. The van der Waals surface area contributed by atoms with Crippen molar-refractivity contribution < 1.29 is 0 Å². The molecule has 1 aliphatic carbocycles. The summed E-state index contributed by atoms with van der Waals surface area (Å²) in [6, 6.07) is 10.8. The first-order valence-corrected chi connectivity index (χ1v) is 6.79.